The summed E-state index contributed by atoms with van der Waals surface area (Å²) in [6.45, 7) is 6.90. The molecule has 9 heteroatoms. The van der Waals surface area contributed by atoms with E-state index in [-0.39, 0.29) is 5.97 Å². The van der Waals surface area contributed by atoms with Crippen molar-refractivity contribution in [2.75, 3.05) is 30.3 Å². The van der Waals surface area contributed by atoms with Gasteiger partial charge in [0.2, 0.25) is 0 Å². The minimum Gasteiger partial charge on any atom is -0.462 e. The van der Waals surface area contributed by atoms with Crippen molar-refractivity contribution in [1.29, 1.82) is 5.26 Å². The molecule has 0 radical (unpaired) electrons. The van der Waals surface area contributed by atoms with Gasteiger partial charge in [0.15, 0.2) is 0 Å². The number of anilines is 2. The fourth-order valence-corrected chi connectivity index (χ4v) is 3.88. The molecule has 0 saturated carbocycles. The molecule has 0 aliphatic carbocycles. The number of hydrogen-bond donors (Lipinski definition) is 2. The zero-order valence-corrected chi connectivity index (χ0v) is 16.7. The zero-order valence-electron chi connectivity index (χ0n) is 15.9. The van der Waals surface area contributed by atoms with Crippen LogP contribution in [0.4, 0.5) is 11.6 Å². The molecular weight excluding hydrogens is 376 g/mol. The predicted octanol–water partition coefficient (Wildman–Crippen LogP) is 3.28. The van der Waals surface area contributed by atoms with Gasteiger partial charge in [-0.1, -0.05) is 0 Å². The Kier molecular flexibility index (Phi) is 6.01. The largest absolute Gasteiger partial charge is 0.462 e. The van der Waals surface area contributed by atoms with Crippen molar-refractivity contribution in [2.45, 2.75) is 20.8 Å². The Morgan fingerprint density at radius 2 is 2.00 bits per heavy atom. The van der Waals surface area contributed by atoms with Gasteiger partial charge in [0.1, 0.15) is 33.2 Å². The first-order chi connectivity index (χ1) is 13.5. The standard InChI is InChI=1S/C19H20N6O2S/c1-4-27-19(26)15-11(2)14-17(24-12(3)25-18(14)28-15)23-9-8-22-16-13(10-20)6-5-7-21-16/h5-7H,4,8-9H2,1-3H3,(H,21,22)(H,23,24,25). The van der Waals surface area contributed by atoms with E-state index in [0.717, 1.165) is 15.8 Å². The molecular formula is C19H20N6O2S. The number of nitrogens with zero attached hydrogens (tertiary/aromatic N) is 4. The number of aromatic nitrogens is 3. The second-order valence-electron chi connectivity index (χ2n) is 5.94. The molecule has 8 nitrogen and oxygen atoms in total. The van der Waals surface area contributed by atoms with Gasteiger partial charge in [0.05, 0.1) is 17.6 Å². The van der Waals surface area contributed by atoms with Gasteiger partial charge in [-0.05, 0) is 38.5 Å². The summed E-state index contributed by atoms with van der Waals surface area (Å²) in [4.78, 5) is 26.6. The number of aryl methyl sites for hydroxylation is 2. The number of thiophene rings is 1. The average molecular weight is 396 g/mol. The molecule has 144 valence electrons. The minimum atomic E-state index is -0.340. The van der Waals surface area contributed by atoms with Crippen LogP contribution in [0.5, 0.6) is 0 Å². The Balaban J connectivity index is 1.77. The highest BCUT2D eigenvalue weighted by molar-refractivity contribution is 7.20. The van der Waals surface area contributed by atoms with E-state index in [1.54, 1.807) is 25.3 Å². The van der Waals surface area contributed by atoms with Crippen LogP contribution < -0.4 is 10.6 Å². The first-order valence-corrected chi connectivity index (χ1v) is 9.64. The fraction of sp³-hybridized carbons (Fsp3) is 0.316. The van der Waals surface area contributed by atoms with Gasteiger partial charge in [0, 0.05) is 19.3 Å². The van der Waals surface area contributed by atoms with E-state index in [4.69, 9.17) is 10.00 Å². The van der Waals surface area contributed by atoms with Crippen LogP contribution in [0.3, 0.4) is 0 Å². The lowest BCUT2D eigenvalue weighted by molar-refractivity contribution is 0.0531. The van der Waals surface area contributed by atoms with E-state index in [0.29, 0.717) is 47.6 Å². The van der Waals surface area contributed by atoms with Crippen LogP contribution in [0, 0.1) is 25.2 Å². The van der Waals surface area contributed by atoms with Crippen molar-refractivity contribution in [2.24, 2.45) is 0 Å². The maximum atomic E-state index is 12.2. The summed E-state index contributed by atoms with van der Waals surface area (Å²) < 4.78 is 5.14. The number of nitrogens with one attached hydrogen (secondary N) is 2. The maximum absolute atomic E-state index is 12.2. The molecule has 0 spiro atoms. The third kappa shape index (κ3) is 4.02. The summed E-state index contributed by atoms with van der Waals surface area (Å²) in [5, 5.41) is 16.4. The van der Waals surface area contributed by atoms with Gasteiger partial charge >= 0.3 is 5.97 Å². The molecule has 0 fully saturated rings. The molecule has 0 aromatic carbocycles. The van der Waals surface area contributed by atoms with E-state index >= 15 is 0 Å². The number of carbonyl (C=O) groups excluding carboxylic acids is 1. The van der Waals surface area contributed by atoms with Crippen LogP contribution in [-0.2, 0) is 4.74 Å². The Morgan fingerprint density at radius 3 is 2.71 bits per heavy atom. The van der Waals surface area contributed by atoms with Crippen molar-refractivity contribution in [1.82, 2.24) is 15.0 Å². The molecule has 0 atom stereocenters. The van der Waals surface area contributed by atoms with E-state index < -0.39 is 0 Å². The van der Waals surface area contributed by atoms with Gasteiger partial charge in [0.25, 0.3) is 0 Å². The smallest absolute Gasteiger partial charge is 0.348 e. The number of ether oxygens (including phenoxy) is 1. The number of fused-ring (bicyclic) bond motifs is 1. The van der Waals surface area contributed by atoms with Crippen LogP contribution in [0.25, 0.3) is 10.2 Å². The third-order valence-electron chi connectivity index (χ3n) is 4.00. The highest BCUT2D eigenvalue weighted by Gasteiger charge is 2.20. The molecule has 28 heavy (non-hydrogen) atoms. The molecule has 0 aliphatic rings. The zero-order chi connectivity index (χ0) is 20.1. The summed E-state index contributed by atoms with van der Waals surface area (Å²) in [5.74, 6) is 1.51. The number of nitriles is 1. The highest BCUT2D eigenvalue weighted by atomic mass is 32.1. The Labute approximate surface area is 166 Å². The topological polar surface area (TPSA) is 113 Å². The summed E-state index contributed by atoms with van der Waals surface area (Å²) in [5.41, 5.74) is 1.31. The van der Waals surface area contributed by atoms with E-state index in [1.165, 1.54) is 11.3 Å². The van der Waals surface area contributed by atoms with Crippen LogP contribution in [-0.4, -0.2) is 40.6 Å². The van der Waals surface area contributed by atoms with Crippen molar-refractivity contribution in [3.8, 4) is 6.07 Å². The number of pyridine rings is 1. The molecule has 0 amide bonds. The Morgan fingerprint density at radius 1 is 1.25 bits per heavy atom. The number of carbonyl (C=O) groups is 1. The molecule has 3 aromatic rings. The van der Waals surface area contributed by atoms with Crippen LogP contribution in [0.2, 0.25) is 0 Å². The quantitative estimate of drug-likeness (QED) is 0.462. The second kappa shape index (κ2) is 8.63. The fourth-order valence-electron chi connectivity index (χ4n) is 2.76. The van der Waals surface area contributed by atoms with Crippen molar-refractivity contribution < 1.29 is 9.53 Å². The first kappa shape index (κ1) is 19.5. The van der Waals surface area contributed by atoms with Gasteiger partial charge in [-0.15, -0.1) is 11.3 Å². The SMILES string of the molecule is CCOC(=O)c1sc2nc(C)nc(NCCNc3ncccc3C#N)c2c1C. The molecule has 0 bridgehead atoms. The van der Waals surface area contributed by atoms with Crippen molar-refractivity contribution >= 4 is 39.2 Å². The molecule has 3 aromatic heterocycles. The highest BCUT2D eigenvalue weighted by Crippen LogP contribution is 2.34. The molecule has 0 unspecified atom stereocenters. The molecule has 3 rings (SSSR count). The normalized spacial score (nSPS) is 10.5. The molecule has 2 N–H and O–H groups in total. The minimum absolute atomic E-state index is 0.326. The van der Waals surface area contributed by atoms with Crippen molar-refractivity contribution in [3.05, 3.63) is 40.2 Å². The summed E-state index contributed by atoms with van der Waals surface area (Å²) in [6, 6.07) is 5.55. The molecule has 3 heterocycles. The Bertz CT molecular complexity index is 1060. The van der Waals surface area contributed by atoms with Crippen LogP contribution in [0.15, 0.2) is 18.3 Å². The number of hydrogen-bond acceptors (Lipinski definition) is 9. The van der Waals surface area contributed by atoms with Crippen LogP contribution >= 0.6 is 11.3 Å². The summed E-state index contributed by atoms with van der Waals surface area (Å²) in [7, 11) is 0. The van der Waals surface area contributed by atoms with Gasteiger partial charge in [-0.25, -0.2) is 19.7 Å². The predicted molar refractivity (Wildman–Crippen MR) is 109 cm³/mol. The lowest BCUT2D eigenvalue weighted by atomic mass is 10.2. The Hall–Kier alpha value is -3.25. The first-order valence-electron chi connectivity index (χ1n) is 8.82. The van der Waals surface area contributed by atoms with E-state index in [1.807, 2.05) is 13.8 Å². The molecule has 0 aliphatic heterocycles. The van der Waals surface area contributed by atoms with Gasteiger partial charge in [-0.3, -0.25) is 0 Å². The van der Waals surface area contributed by atoms with Gasteiger partial charge in [-0.2, -0.15) is 5.26 Å². The summed E-state index contributed by atoms with van der Waals surface area (Å²) in [6.07, 6.45) is 1.64. The third-order valence-corrected chi connectivity index (χ3v) is 5.17. The van der Waals surface area contributed by atoms with Crippen LogP contribution in [0.1, 0.15) is 33.5 Å². The number of esters is 1. The number of rotatable bonds is 7. The van der Waals surface area contributed by atoms with E-state index in [2.05, 4.69) is 31.7 Å². The lowest BCUT2D eigenvalue weighted by Gasteiger charge is -2.10. The second-order valence-corrected chi connectivity index (χ2v) is 6.94. The average Bonchev–Trinajstić information content (AvgIpc) is 3.02. The monoisotopic (exact) mass is 396 g/mol. The maximum Gasteiger partial charge on any atom is 0.348 e. The lowest BCUT2D eigenvalue weighted by Crippen LogP contribution is -2.16. The van der Waals surface area contributed by atoms with Crippen molar-refractivity contribution in [3.63, 3.8) is 0 Å². The van der Waals surface area contributed by atoms with E-state index in [9.17, 15) is 4.79 Å². The molecule has 0 saturated heterocycles. The summed E-state index contributed by atoms with van der Waals surface area (Å²) >= 11 is 1.31. The van der Waals surface area contributed by atoms with Gasteiger partial charge < -0.3 is 15.4 Å².